The second kappa shape index (κ2) is 4.96. The van der Waals surface area contributed by atoms with Crippen LogP contribution >= 0.6 is 33.7 Å². The lowest BCUT2D eigenvalue weighted by Gasteiger charge is -2.10. The molecular weight excluding hydrogens is 263 g/mol. The van der Waals surface area contributed by atoms with E-state index in [4.69, 9.17) is 11.1 Å². The average molecular weight is 277 g/mol. The van der Waals surface area contributed by atoms with Crippen LogP contribution in [0.3, 0.4) is 0 Å². The molecule has 0 fully saturated rings. The molecule has 0 saturated carbocycles. The second-order valence-corrected chi connectivity index (χ2v) is 11.0. The molecule has 0 aromatic carbocycles. The maximum Gasteiger partial charge on any atom is 0.150 e. The van der Waals surface area contributed by atoms with Crippen LogP contribution in [-0.4, -0.2) is 11.8 Å². The van der Waals surface area contributed by atoms with Gasteiger partial charge in [0.2, 0.25) is 0 Å². The van der Waals surface area contributed by atoms with Crippen LogP contribution in [0.4, 0.5) is 0 Å². The second-order valence-electron chi connectivity index (χ2n) is 2.86. The van der Waals surface area contributed by atoms with Crippen molar-refractivity contribution in [3.63, 3.8) is 0 Å². The van der Waals surface area contributed by atoms with Crippen molar-refractivity contribution in [1.29, 1.82) is 0 Å². The Bertz CT molecular complexity index is 69.9. The predicted molar refractivity (Wildman–Crippen MR) is 56.3 cm³/mol. The van der Waals surface area contributed by atoms with E-state index in [-0.39, 0.29) is 0 Å². The first-order chi connectivity index (χ1) is 4.06. The zero-order chi connectivity index (χ0) is 7.33. The van der Waals surface area contributed by atoms with Crippen LogP contribution in [0, 0.1) is 0 Å². The van der Waals surface area contributed by atoms with E-state index in [0.717, 1.165) is 0 Å². The van der Waals surface area contributed by atoms with E-state index in [0.29, 0.717) is 0 Å². The van der Waals surface area contributed by atoms with Gasteiger partial charge in [0.05, 0.1) is 0 Å². The molecule has 0 unspecified atom stereocenters. The summed E-state index contributed by atoms with van der Waals surface area (Å²) in [6, 6.07) is 1.28. The Morgan fingerprint density at radius 2 is 1.89 bits per heavy atom. The van der Waals surface area contributed by atoms with E-state index in [2.05, 4.69) is 35.7 Å². The number of hydrogen-bond donors (Lipinski definition) is 0. The van der Waals surface area contributed by atoms with Gasteiger partial charge in [-0.3, -0.25) is 0 Å². The van der Waals surface area contributed by atoms with Gasteiger partial charge in [0.25, 0.3) is 0 Å². The van der Waals surface area contributed by atoms with E-state index < -0.39 is 7.38 Å². The van der Waals surface area contributed by atoms with E-state index in [1.54, 1.807) is 0 Å². The summed E-state index contributed by atoms with van der Waals surface area (Å²) in [5, 5.41) is 0. The highest BCUT2D eigenvalue weighted by Gasteiger charge is 2.14. The molecule has 0 atom stereocenters. The number of rotatable bonds is 4. The minimum atomic E-state index is -1.23. The third-order valence-corrected chi connectivity index (χ3v) is 4.03. The zero-order valence-corrected chi connectivity index (χ0v) is 10.00. The Kier molecular flexibility index (Phi) is 5.65. The molecule has 0 bridgehead atoms. The normalized spacial score (nSPS) is 12.0. The highest BCUT2D eigenvalue weighted by molar-refractivity contribution is 14.1. The Hall–Kier alpha value is 1.24. The highest BCUT2D eigenvalue weighted by atomic mass is 127. The van der Waals surface area contributed by atoms with E-state index >= 15 is 0 Å². The molecule has 0 aliphatic rings. The highest BCUT2D eigenvalue weighted by Crippen LogP contribution is 2.17. The Balaban J connectivity index is 3.07. The van der Waals surface area contributed by atoms with Crippen LogP contribution in [0.5, 0.6) is 0 Å². The lowest BCUT2D eigenvalue weighted by molar-refractivity contribution is 0.893. The topological polar surface area (TPSA) is 0 Å². The Morgan fingerprint density at radius 1 is 1.33 bits per heavy atom. The Morgan fingerprint density at radius 3 is 2.22 bits per heavy atom. The molecule has 0 aliphatic heterocycles. The van der Waals surface area contributed by atoms with Crippen molar-refractivity contribution in [3.05, 3.63) is 0 Å². The summed E-state index contributed by atoms with van der Waals surface area (Å²) < 4.78 is 1.28. The zero-order valence-electron chi connectivity index (χ0n) is 6.08. The number of unbranched alkanes of at least 4 members (excludes halogenated alkanes) is 1. The van der Waals surface area contributed by atoms with Gasteiger partial charge in [-0.05, 0) is 16.9 Å². The Labute approximate surface area is 77.2 Å². The maximum absolute atomic E-state index is 6.11. The molecule has 56 valence electrons. The lowest BCUT2D eigenvalue weighted by Crippen LogP contribution is -2.14. The van der Waals surface area contributed by atoms with Gasteiger partial charge in [-0.25, -0.2) is 0 Å². The molecule has 0 aromatic rings. The monoisotopic (exact) mass is 276 g/mol. The number of hydrogen-bond acceptors (Lipinski definition) is 0. The summed E-state index contributed by atoms with van der Waals surface area (Å²) in [4.78, 5) is 0. The lowest BCUT2D eigenvalue weighted by atomic mass is 10.4. The summed E-state index contributed by atoms with van der Waals surface area (Å²) >= 11 is 8.52. The molecule has 0 amide bonds. The number of halogens is 2. The van der Waals surface area contributed by atoms with Gasteiger partial charge >= 0.3 is 0 Å². The van der Waals surface area contributed by atoms with Crippen LogP contribution < -0.4 is 0 Å². The van der Waals surface area contributed by atoms with Gasteiger partial charge in [0.1, 0.15) is 7.38 Å². The van der Waals surface area contributed by atoms with E-state index in [1.807, 2.05) is 0 Å². The quantitative estimate of drug-likeness (QED) is 0.242. The largest absolute Gasteiger partial charge is 0.168 e. The van der Waals surface area contributed by atoms with Crippen LogP contribution in [0.15, 0.2) is 0 Å². The summed E-state index contributed by atoms with van der Waals surface area (Å²) in [5.74, 6) is 0. The molecule has 0 heterocycles. The minimum Gasteiger partial charge on any atom is -0.168 e. The van der Waals surface area contributed by atoms with Crippen molar-refractivity contribution in [2.75, 3.05) is 4.43 Å². The summed E-state index contributed by atoms with van der Waals surface area (Å²) in [7, 11) is -1.23. The van der Waals surface area contributed by atoms with Gasteiger partial charge in [0.15, 0.2) is 0 Å². The van der Waals surface area contributed by atoms with Gasteiger partial charge in [0, 0.05) is 0 Å². The molecule has 0 aliphatic carbocycles. The average Bonchev–Trinajstić information content (AvgIpc) is 1.63. The third-order valence-electron chi connectivity index (χ3n) is 1.15. The molecule has 3 heteroatoms. The first kappa shape index (κ1) is 10.2. The molecule has 0 radical (unpaired) electrons. The van der Waals surface area contributed by atoms with Crippen LogP contribution in [0.1, 0.15) is 12.8 Å². The smallest absolute Gasteiger partial charge is 0.150 e. The summed E-state index contributed by atoms with van der Waals surface area (Å²) in [6.45, 7) is 4.42. The molecule has 0 spiro atoms. The van der Waals surface area contributed by atoms with Crippen LogP contribution in [0.25, 0.3) is 0 Å². The SMILES string of the molecule is C[Si](C)(Cl)CCCCI. The maximum atomic E-state index is 6.11. The van der Waals surface area contributed by atoms with Crippen molar-refractivity contribution in [2.45, 2.75) is 32.0 Å². The van der Waals surface area contributed by atoms with Crippen molar-refractivity contribution in [1.82, 2.24) is 0 Å². The van der Waals surface area contributed by atoms with Crippen LogP contribution in [0.2, 0.25) is 19.1 Å². The third kappa shape index (κ3) is 9.24. The van der Waals surface area contributed by atoms with Crippen molar-refractivity contribution in [2.24, 2.45) is 0 Å². The van der Waals surface area contributed by atoms with Crippen LogP contribution in [-0.2, 0) is 0 Å². The molecule has 0 nitrogen and oxygen atoms in total. The minimum absolute atomic E-state index is 1.23. The fraction of sp³-hybridized carbons (Fsp3) is 1.00. The first-order valence-corrected chi connectivity index (χ1v) is 9.05. The van der Waals surface area contributed by atoms with Gasteiger partial charge in [-0.1, -0.05) is 42.1 Å². The predicted octanol–water partition coefficient (Wildman–Crippen LogP) is 3.65. The fourth-order valence-electron chi connectivity index (χ4n) is 0.640. The number of alkyl halides is 1. The standard InChI is InChI=1S/C6H14ClISi/c1-9(2,7)6-4-3-5-8/h3-6H2,1-2H3. The molecule has 0 aromatic heterocycles. The van der Waals surface area contributed by atoms with Gasteiger partial charge in [-0.2, -0.15) is 11.1 Å². The first-order valence-electron chi connectivity index (χ1n) is 3.31. The van der Waals surface area contributed by atoms with Gasteiger partial charge in [-0.15, -0.1) is 0 Å². The van der Waals surface area contributed by atoms with Gasteiger partial charge < -0.3 is 0 Å². The molecule has 0 rings (SSSR count). The summed E-state index contributed by atoms with van der Waals surface area (Å²) in [5.41, 5.74) is 0. The molecule has 0 N–H and O–H groups in total. The molecule has 0 saturated heterocycles. The molecular formula is C6H14ClISi. The molecule has 9 heavy (non-hydrogen) atoms. The summed E-state index contributed by atoms with van der Waals surface area (Å²) in [6.07, 6.45) is 2.66. The van der Waals surface area contributed by atoms with Crippen molar-refractivity contribution >= 4 is 41.1 Å². The van der Waals surface area contributed by atoms with E-state index in [1.165, 1.54) is 23.3 Å². The van der Waals surface area contributed by atoms with E-state index in [9.17, 15) is 0 Å². The fourth-order valence-corrected chi connectivity index (χ4v) is 2.67. The van der Waals surface area contributed by atoms with Crippen molar-refractivity contribution in [3.8, 4) is 0 Å². The van der Waals surface area contributed by atoms with Crippen molar-refractivity contribution < 1.29 is 0 Å².